The van der Waals surface area contributed by atoms with Crippen molar-refractivity contribution in [3.63, 3.8) is 0 Å². The Labute approximate surface area is 123 Å². The van der Waals surface area contributed by atoms with Crippen LogP contribution in [0.5, 0.6) is 5.75 Å². The van der Waals surface area contributed by atoms with E-state index in [4.69, 9.17) is 4.74 Å². The number of aryl methyl sites for hydroxylation is 1. The Hall–Kier alpha value is -2.43. The Morgan fingerprint density at radius 2 is 2.24 bits per heavy atom. The molecule has 1 aromatic heterocycles. The number of benzene rings is 1. The monoisotopic (exact) mass is 283 g/mol. The van der Waals surface area contributed by atoms with E-state index in [9.17, 15) is 4.79 Å². The van der Waals surface area contributed by atoms with Gasteiger partial charge in [-0.3, -0.25) is 14.8 Å². The number of nitrogens with one attached hydrogen (secondary N) is 1. The van der Waals surface area contributed by atoms with Crippen LogP contribution in [0.15, 0.2) is 30.6 Å². The number of fused-ring (bicyclic) bond motifs is 1. The van der Waals surface area contributed by atoms with Gasteiger partial charge in [0, 0.05) is 18.2 Å². The van der Waals surface area contributed by atoms with Crippen LogP contribution in [-0.2, 0) is 13.0 Å². The molecule has 108 valence electrons. The fraction of sp³-hybridized carbons (Fsp3) is 0.312. The molecule has 1 aliphatic rings. The molecule has 3 rings (SSSR count). The molecule has 0 spiro atoms. The normalized spacial score (nSPS) is 16.2. The van der Waals surface area contributed by atoms with Gasteiger partial charge in [0.1, 0.15) is 11.9 Å². The quantitative estimate of drug-likeness (QED) is 0.936. The first-order chi connectivity index (χ1) is 10.1. The predicted molar refractivity (Wildman–Crippen MR) is 78.2 cm³/mol. The highest BCUT2D eigenvalue weighted by Gasteiger charge is 2.20. The fourth-order valence-electron chi connectivity index (χ4n) is 2.35. The van der Waals surface area contributed by atoms with Crippen molar-refractivity contribution in [3.05, 3.63) is 53.1 Å². The second-order valence-electron chi connectivity index (χ2n) is 5.29. The van der Waals surface area contributed by atoms with Gasteiger partial charge in [0.15, 0.2) is 0 Å². The Bertz CT molecular complexity index is 668. The topological polar surface area (TPSA) is 64.1 Å². The third kappa shape index (κ3) is 3.02. The lowest BCUT2D eigenvalue weighted by molar-refractivity contribution is 0.0950. The number of aromatic nitrogens is 2. The number of carbonyl (C=O) groups excluding carboxylic acids is 1. The zero-order valence-electron chi connectivity index (χ0n) is 12.1. The van der Waals surface area contributed by atoms with Gasteiger partial charge < -0.3 is 10.1 Å². The van der Waals surface area contributed by atoms with Gasteiger partial charge in [-0.25, -0.2) is 0 Å². The molecule has 1 aliphatic heterocycles. The lowest BCUT2D eigenvalue weighted by Crippen LogP contribution is -2.23. The Morgan fingerprint density at radius 3 is 3.00 bits per heavy atom. The number of hydrogen-bond donors (Lipinski definition) is 1. The van der Waals surface area contributed by atoms with Crippen LogP contribution < -0.4 is 10.1 Å². The zero-order valence-corrected chi connectivity index (χ0v) is 12.1. The standard InChI is InChI=1S/C16H17N3O2/c1-10-7-18-14(8-17-10)9-19-16(20)12-3-4-15-13(6-12)5-11(2)21-15/h3-4,6-8,11H,5,9H2,1-2H3,(H,19,20). The molecule has 1 unspecified atom stereocenters. The average molecular weight is 283 g/mol. The molecule has 0 bridgehead atoms. The number of carbonyl (C=O) groups is 1. The van der Waals surface area contributed by atoms with Crippen molar-refractivity contribution in [2.45, 2.75) is 32.9 Å². The van der Waals surface area contributed by atoms with Gasteiger partial charge in [-0.15, -0.1) is 0 Å². The second-order valence-corrected chi connectivity index (χ2v) is 5.29. The molecular formula is C16H17N3O2. The first kappa shape index (κ1) is 13.5. The first-order valence-electron chi connectivity index (χ1n) is 6.97. The van der Waals surface area contributed by atoms with Crippen molar-refractivity contribution in [2.75, 3.05) is 0 Å². The van der Waals surface area contributed by atoms with Crippen molar-refractivity contribution in [1.29, 1.82) is 0 Å². The van der Waals surface area contributed by atoms with Crippen LogP contribution in [0, 0.1) is 6.92 Å². The van der Waals surface area contributed by atoms with E-state index in [1.54, 1.807) is 18.5 Å². The molecule has 5 heteroatoms. The molecule has 0 saturated carbocycles. The molecule has 1 atom stereocenters. The van der Waals surface area contributed by atoms with Crippen molar-refractivity contribution in [3.8, 4) is 5.75 Å². The van der Waals surface area contributed by atoms with Crippen molar-refractivity contribution < 1.29 is 9.53 Å². The van der Waals surface area contributed by atoms with E-state index in [0.29, 0.717) is 12.1 Å². The van der Waals surface area contributed by atoms with E-state index in [1.165, 1.54) is 0 Å². The lowest BCUT2D eigenvalue weighted by Gasteiger charge is -2.06. The summed E-state index contributed by atoms with van der Waals surface area (Å²) in [5.41, 5.74) is 3.33. The minimum Gasteiger partial charge on any atom is -0.490 e. The zero-order chi connectivity index (χ0) is 14.8. The van der Waals surface area contributed by atoms with E-state index in [2.05, 4.69) is 15.3 Å². The average Bonchev–Trinajstić information content (AvgIpc) is 2.85. The highest BCUT2D eigenvalue weighted by molar-refractivity contribution is 5.94. The van der Waals surface area contributed by atoms with E-state index in [1.807, 2.05) is 26.0 Å². The van der Waals surface area contributed by atoms with Gasteiger partial charge >= 0.3 is 0 Å². The van der Waals surface area contributed by atoms with E-state index in [-0.39, 0.29) is 12.0 Å². The largest absolute Gasteiger partial charge is 0.490 e. The number of nitrogens with zero attached hydrogens (tertiary/aromatic N) is 2. The van der Waals surface area contributed by atoms with Crippen molar-refractivity contribution in [1.82, 2.24) is 15.3 Å². The van der Waals surface area contributed by atoms with Crippen LogP contribution in [0.1, 0.15) is 34.2 Å². The summed E-state index contributed by atoms with van der Waals surface area (Å²) in [5, 5.41) is 2.85. The maximum Gasteiger partial charge on any atom is 0.251 e. The van der Waals surface area contributed by atoms with Crippen LogP contribution in [-0.4, -0.2) is 22.0 Å². The van der Waals surface area contributed by atoms with Gasteiger partial charge in [0.2, 0.25) is 0 Å². The van der Waals surface area contributed by atoms with Gasteiger partial charge in [-0.1, -0.05) is 0 Å². The Morgan fingerprint density at radius 1 is 1.38 bits per heavy atom. The molecule has 0 fully saturated rings. The molecule has 5 nitrogen and oxygen atoms in total. The van der Waals surface area contributed by atoms with E-state index in [0.717, 1.165) is 29.1 Å². The summed E-state index contributed by atoms with van der Waals surface area (Å²) in [5.74, 6) is 0.767. The summed E-state index contributed by atoms with van der Waals surface area (Å²) in [6, 6.07) is 5.54. The second kappa shape index (κ2) is 5.52. The minimum absolute atomic E-state index is 0.111. The molecule has 2 aromatic rings. The smallest absolute Gasteiger partial charge is 0.251 e. The maximum atomic E-state index is 12.2. The maximum absolute atomic E-state index is 12.2. The molecule has 21 heavy (non-hydrogen) atoms. The highest BCUT2D eigenvalue weighted by Crippen LogP contribution is 2.29. The van der Waals surface area contributed by atoms with Gasteiger partial charge in [0.05, 0.1) is 24.1 Å². The minimum atomic E-state index is -0.111. The predicted octanol–water partition coefficient (Wildman–Crippen LogP) is 2.04. The molecular weight excluding hydrogens is 266 g/mol. The fourth-order valence-corrected chi connectivity index (χ4v) is 2.35. The van der Waals surface area contributed by atoms with Gasteiger partial charge in [-0.2, -0.15) is 0 Å². The number of amides is 1. The Balaban J connectivity index is 1.66. The third-order valence-corrected chi connectivity index (χ3v) is 3.42. The molecule has 0 radical (unpaired) electrons. The summed E-state index contributed by atoms with van der Waals surface area (Å²) in [7, 11) is 0. The summed E-state index contributed by atoms with van der Waals surface area (Å²) in [6.07, 6.45) is 4.39. The van der Waals surface area contributed by atoms with Crippen LogP contribution in [0.2, 0.25) is 0 Å². The molecule has 0 saturated heterocycles. The number of ether oxygens (including phenoxy) is 1. The lowest BCUT2D eigenvalue weighted by atomic mass is 10.1. The van der Waals surface area contributed by atoms with Crippen molar-refractivity contribution >= 4 is 5.91 Å². The van der Waals surface area contributed by atoms with E-state index < -0.39 is 0 Å². The van der Waals surface area contributed by atoms with Crippen LogP contribution in [0.3, 0.4) is 0 Å². The summed E-state index contributed by atoms with van der Waals surface area (Å²) in [6.45, 7) is 4.27. The number of hydrogen-bond acceptors (Lipinski definition) is 4. The molecule has 0 aliphatic carbocycles. The summed E-state index contributed by atoms with van der Waals surface area (Å²) in [4.78, 5) is 20.5. The SMILES string of the molecule is Cc1cnc(CNC(=O)c2ccc3c(c2)CC(C)O3)cn1. The van der Waals surface area contributed by atoms with Crippen LogP contribution >= 0.6 is 0 Å². The summed E-state index contributed by atoms with van der Waals surface area (Å²) < 4.78 is 5.63. The first-order valence-corrected chi connectivity index (χ1v) is 6.97. The molecule has 1 N–H and O–H groups in total. The highest BCUT2D eigenvalue weighted by atomic mass is 16.5. The summed E-state index contributed by atoms with van der Waals surface area (Å²) >= 11 is 0. The van der Waals surface area contributed by atoms with Crippen LogP contribution in [0.4, 0.5) is 0 Å². The van der Waals surface area contributed by atoms with E-state index >= 15 is 0 Å². The third-order valence-electron chi connectivity index (χ3n) is 3.42. The van der Waals surface area contributed by atoms with Crippen LogP contribution in [0.25, 0.3) is 0 Å². The Kier molecular flexibility index (Phi) is 3.56. The molecule has 1 aromatic carbocycles. The van der Waals surface area contributed by atoms with Crippen molar-refractivity contribution in [2.24, 2.45) is 0 Å². The van der Waals surface area contributed by atoms with Gasteiger partial charge in [0.25, 0.3) is 5.91 Å². The molecule has 2 heterocycles. The number of rotatable bonds is 3. The molecule has 1 amide bonds. The van der Waals surface area contributed by atoms with Gasteiger partial charge in [-0.05, 0) is 37.6 Å².